The zero-order chi connectivity index (χ0) is 14.7. The van der Waals surface area contributed by atoms with Crippen molar-refractivity contribution in [2.75, 3.05) is 11.9 Å². The summed E-state index contributed by atoms with van der Waals surface area (Å²) in [7, 11) is 0. The van der Waals surface area contributed by atoms with E-state index in [-0.39, 0.29) is 24.2 Å². The van der Waals surface area contributed by atoms with E-state index in [1.54, 1.807) is 0 Å². The predicted molar refractivity (Wildman–Crippen MR) is 85.5 cm³/mol. The first kappa shape index (κ1) is 16.5. The first-order valence-electron chi connectivity index (χ1n) is 7.15. The average Bonchev–Trinajstić information content (AvgIpc) is 3.19. The largest absolute Gasteiger partial charge is 0.342 e. The molecule has 3 N–H and O–H groups in total. The number of anilines is 1. The number of carbonyl (C=O) groups excluding carboxylic acids is 1. The second kappa shape index (κ2) is 7.38. The number of rotatable bonds is 4. The molecule has 1 aliphatic rings. The molecular formula is C15H19ClN4O2. The summed E-state index contributed by atoms with van der Waals surface area (Å²) in [4.78, 5) is 16.3. The van der Waals surface area contributed by atoms with E-state index >= 15 is 0 Å². The van der Waals surface area contributed by atoms with Gasteiger partial charge in [-0.15, -0.1) is 12.4 Å². The van der Waals surface area contributed by atoms with Crippen LogP contribution in [0.2, 0.25) is 0 Å². The summed E-state index contributed by atoms with van der Waals surface area (Å²) in [6, 6.07) is 7.40. The molecule has 0 radical (unpaired) electrons. The van der Waals surface area contributed by atoms with Gasteiger partial charge in [-0.1, -0.05) is 11.6 Å². The van der Waals surface area contributed by atoms with Gasteiger partial charge in [0.15, 0.2) is 0 Å². The van der Waals surface area contributed by atoms with Gasteiger partial charge >= 0.3 is 0 Å². The van der Waals surface area contributed by atoms with E-state index in [2.05, 4.69) is 15.5 Å². The molecule has 3 rings (SSSR count). The van der Waals surface area contributed by atoms with E-state index < -0.39 is 0 Å². The molecule has 0 aliphatic heterocycles. The van der Waals surface area contributed by atoms with E-state index in [4.69, 9.17) is 10.3 Å². The van der Waals surface area contributed by atoms with Crippen molar-refractivity contribution in [3.05, 3.63) is 30.7 Å². The van der Waals surface area contributed by atoms with E-state index in [9.17, 15) is 4.79 Å². The maximum Gasteiger partial charge on any atom is 0.227 e. The highest BCUT2D eigenvalue weighted by atomic mass is 35.5. The topological polar surface area (TPSA) is 94.0 Å². The van der Waals surface area contributed by atoms with Gasteiger partial charge in [0.2, 0.25) is 18.1 Å². The molecule has 0 unspecified atom stereocenters. The number of nitrogens with two attached hydrogens (primary N) is 1. The second-order valence-corrected chi connectivity index (χ2v) is 5.35. The summed E-state index contributed by atoms with van der Waals surface area (Å²) in [5.74, 6) is 0.942. The maximum atomic E-state index is 12.3. The molecule has 7 heteroatoms. The Kier molecular flexibility index (Phi) is 5.51. The molecule has 2 atom stereocenters. The van der Waals surface area contributed by atoms with E-state index in [0.717, 1.165) is 30.5 Å². The lowest BCUT2D eigenvalue weighted by molar-refractivity contribution is -0.120. The van der Waals surface area contributed by atoms with Crippen LogP contribution in [0.15, 0.2) is 35.2 Å². The number of hydrogen-bond acceptors (Lipinski definition) is 5. The Hall–Kier alpha value is -1.92. The van der Waals surface area contributed by atoms with Crippen molar-refractivity contribution in [1.29, 1.82) is 0 Å². The number of nitrogens with one attached hydrogen (secondary N) is 1. The van der Waals surface area contributed by atoms with Crippen molar-refractivity contribution in [2.45, 2.75) is 19.3 Å². The Morgan fingerprint density at radius 1 is 1.32 bits per heavy atom. The fourth-order valence-electron chi connectivity index (χ4n) is 2.90. The minimum Gasteiger partial charge on any atom is -0.342 e. The SMILES string of the molecule is Cl.NC[C@H]1CCC[C@H]1C(=O)Nc1ccc(-c2ncon2)cc1. The Bertz CT molecular complexity index is 601. The molecule has 0 bridgehead atoms. The fourth-order valence-corrected chi connectivity index (χ4v) is 2.90. The van der Waals surface area contributed by atoms with Gasteiger partial charge in [0, 0.05) is 17.2 Å². The molecule has 1 heterocycles. The van der Waals surface area contributed by atoms with Crippen LogP contribution in [0.25, 0.3) is 11.4 Å². The van der Waals surface area contributed by atoms with Crippen molar-refractivity contribution in [1.82, 2.24) is 10.1 Å². The molecule has 1 aliphatic carbocycles. The Morgan fingerprint density at radius 2 is 2.09 bits per heavy atom. The third-order valence-corrected chi connectivity index (χ3v) is 4.07. The van der Waals surface area contributed by atoms with Crippen LogP contribution in [-0.4, -0.2) is 22.6 Å². The van der Waals surface area contributed by atoms with Crippen LogP contribution in [-0.2, 0) is 4.79 Å². The lowest BCUT2D eigenvalue weighted by Gasteiger charge is -2.17. The lowest BCUT2D eigenvalue weighted by Crippen LogP contribution is -2.29. The zero-order valence-electron chi connectivity index (χ0n) is 12.1. The van der Waals surface area contributed by atoms with Gasteiger partial charge in [0.1, 0.15) is 0 Å². The number of amides is 1. The van der Waals surface area contributed by atoms with Crippen LogP contribution < -0.4 is 11.1 Å². The highest BCUT2D eigenvalue weighted by Gasteiger charge is 2.31. The van der Waals surface area contributed by atoms with Gasteiger partial charge in [-0.25, -0.2) is 0 Å². The van der Waals surface area contributed by atoms with Gasteiger partial charge in [-0.3, -0.25) is 4.79 Å². The van der Waals surface area contributed by atoms with Gasteiger partial charge in [-0.05, 0) is 49.6 Å². The number of carbonyl (C=O) groups is 1. The van der Waals surface area contributed by atoms with Crippen molar-refractivity contribution < 1.29 is 9.32 Å². The number of nitrogens with zero attached hydrogens (tertiary/aromatic N) is 2. The van der Waals surface area contributed by atoms with E-state index in [1.807, 2.05) is 24.3 Å². The highest BCUT2D eigenvalue weighted by Crippen LogP contribution is 2.32. The molecule has 2 aromatic rings. The van der Waals surface area contributed by atoms with E-state index in [1.165, 1.54) is 6.39 Å². The Morgan fingerprint density at radius 3 is 2.73 bits per heavy atom. The number of aromatic nitrogens is 2. The van der Waals surface area contributed by atoms with Gasteiger partial charge in [0.05, 0.1) is 0 Å². The van der Waals surface area contributed by atoms with Crippen LogP contribution in [0.3, 0.4) is 0 Å². The third kappa shape index (κ3) is 3.45. The highest BCUT2D eigenvalue weighted by molar-refractivity contribution is 5.93. The molecule has 6 nitrogen and oxygen atoms in total. The lowest BCUT2D eigenvalue weighted by atomic mass is 9.95. The van der Waals surface area contributed by atoms with Gasteiger partial charge in [-0.2, -0.15) is 4.98 Å². The predicted octanol–water partition coefficient (Wildman–Crippen LogP) is 2.47. The minimum absolute atomic E-state index is 0. The summed E-state index contributed by atoms with van der Waals surface area (Å²) in [5.41, 5.74) is 7.35. The molecule has 0 spiro atoms. The third-order valence-electron chi connectivity index (χ3n) is 4.07. The monoisotopic (exact) mass is 322 g/mol. The summed E-state index contributed by atoms with van der Waals surface area (Å²) >= 11 is 0. The zero-order valence-corrected chi connectivity index (χ0v) is 12.9. The molecule has 1 aromatic carbocycles. The van der Waals surface area contributed by atoms with Crippen molar-refractivity contribution >= 4 is 24.0 Å². The van der Waals surface area contributed by atoms with E-state index in [0.29, 0.717) is 18.3 Å². The standard InChI is InChI=1S/C15H18N4O2.ClH/c16-8-11-2-1-3-13(11)15(20)18-12-6-4-10(5-7-12)14-17-9-21-19-14;/h4-7,9,11,13H,1-3,8,16H2,(H,18,20);1H/t11-,13-;/m1./s1. The van der Waals surface area contributed by atoms with Crippen LogP contribution in [0.1, 0.15) is 19.3 Å². The molecule has 1 fully saturated rings. The molecule has 1 saturated carbocycles. The fraction of sp³-hybridized carbons (Fsp3) is 0.400. The van der Waals surface area contributed by atoms with Crippen LogP contribution in [0, 0.1) is 11.8 Å². The van der Waals surface area contributed by atoms with Gasteiger partial charge in [0.25, 0.3) is 0 Å². The molecule has 1 amide bonds. The van der Waals surface area contributed by atoms with Gasteiger partial charge < -0.3 is 15.6 Å². The molecule has 1 aromatic heterocycles. The number of benzene rings is 1. The summed E-state index contributed by atoms with van der Waals surface area (Å²) in [6.07, 6.45) is 4.34. The molecular weight excluding hydrogens is 304 g/mol. The smallest absolute Gasteiger partial charge is 0.227 e. The quantitative estimate of drug-likeness (QED) is 0.901. The Balaban J connectivity index is 0.00000176. The normalized spacial score (nSPS) is 20.4. The average molecular weight is 323 g/mol. The summed E-state index contributed by atoms with van der Waals surface area (Å²) < 4.78 is 4.71. The first-order valence-corrected chi connectivity index (χ1v) is 7.15. The molecule has 0 saturated heterocycles. The summed E-state index contributed by atoms with van der Waals surface area (Å²) in [5, 5.41) is 6.74. The van der Waals surface area contributed by atoms with Crippen molar-refractivity contribution in [2.24, 2.45) is 17.6 Å². The van der Waals surface area contributed by atoms with Crippen LogP contribution >= 0.6 is 12.4 Å². The Labute approximate surface area is 134 Å². The van der Waals surface area contributed by atoms with Crippen LogP contribution in [0.4, 0.5) is 5.69 Å². The second-order valence-electron chi connectivity index (χ2n) is 5.35. The molecule has 22 heavy (non-hydrogen) atoms. The molecule has 118 valence electrons. The number of halogens is 1. The summed E-state index contributed by atoms with van der Waals surface area (Å²) in [6.45, 7) is 0.578. The first-order chi connectivity index (χ1) is 10.3. The van der Waals surface area contributed by atoms with Crippen molar-refractivity contribution in [3.63, 3.8) is 0 Å². The van der Waals surface area contributed by atoms with Crippen LogP contribution in [0.5, 0.6) is 0 Å². The maximum absolute atomic E-state index is 12.3. The minimum atomic E-state index is 0. The van der Waals surface area contributed by atoms with Crippen molar-refractivity contribution in [3.8, 4) is 11.4 Å². The number of hydrogen-bond donors (Lipinski definition) is 2.